The van der Waals surface area contributed by atoms with Crippen molar-refractivity contribution in [1.82, 2.24) is 14.5 Å². The average molecular weight is 445 g/mol. The molecule has 0 radical (unpaired) electrons. The number of para-hydroxylation sites is 1. The lowest BCUT2D eigenvalue weighted by Gasteiger charge is -2.17. The van der Waals surface area contributed by atoms with E-state index in [4.69, 9.17) is 0 Å². The zero-order chi connectivity index (χ0) is 21.6. The first-order valence-corrected chi connectivity index (χ1v) is 12.3. The molecule has 3 rings (SSSR count). The lowest BCUT2D eigenvalue weighted by molar-refractivity contribution is -0.117. The number of nitrogens with one attached hydrogen (secondary N) is 2. The van der Waals surface area contributed by atoms with Crippen molar-refractivity contribution in [3.63, 3.8) is 0 Å². The number of nitrogens with zero attached hydrogens (tertiary/aromatic N) is 2. The fraction of sp³-hybridized carbons (Fsp3) is 0.238. The smallest absolute Gasteiger partial charge is 0.243 e. The van der Waals surface area contributed by atoms with Crippen LogP contribution in [0, 0.1) is 6.92 Å². The average Bonchev–Trinajstić information content (AvgIpc) is 3.20. The summed E-state index contributed by atoms with van der Waals surface area (Å²) in [4.78, 5) is 13.0. The van der Waals surface area contributed by atoms with Crippen LogP contribution in [0.25, 0.3) is 5.69 Å². The SMILES string of the molecule is CSCCC(NS(=O)(=O)c1ccc(C)cc1)C(=O)Nc1ccn(-c2ccccc2)n1. The minimum absolute atomic E-state index is 0.128. The van der Waals surface area contributed by atoms with Gasteiger partial charge in [-0.3, -0.25) is 4.79 Å². The van der Waals surface area contributed by atoms with Crippen LogP contribution in [-0.4, -0.2) is 42.2 Å². The summed E-state index contributed by atoms with van der Waals surface area (Å²) in [5.41, 5.74) is 1.82. The number of carbonyl (C=O) groups excluding carboxylic acids is 1. The normalized spacial score (nSPS) is 12.5. The largest absolute Gasteiger partial charge is 0.308 e. The zero-order valence-electron chi connectivity index (χ0n) is 16.8. The van der Waals surface area contributed by atoms with E-state index in [9.17, 15) is 13.2 Å². The number of amides is 1. The second kappa shape index (κ2) is 9.92. The van der Waals surface area contributed by atoms with E-state index in [0.29, 0.717) is 18.0 Å². The van der Waals surface area contributed by atoms with Crippen LogP contribution in [0.1, 0.15) is 12.0 Å². The van der Waals surface area contributed by atoms with Crippen LogP contribution in [0.5, 0.6) is 0 Å². The van der Waals surface area contributed by atoms with Crippen molar-refractivity contribution in [3.05, 3.63) is 72.4 Å². The Morgan fingerprint density at radius 3 is 2.47 bits per heavy atom. The highest BCUT2D eigenvalue weighted by molar-refractivity contribution is 7.98. The molecule has 158 valence electrons. The number of hydrogen-bond acceptors (Lipinski definition) is 5. The van der Waals surface area contributed by atoms with Gasteiger partial charge < -0.3 is 5.32 Å². The third-order valence-corrected chi connectivity index (χ3v) is 6.55. The topological polar surface area (TPSA) is 93.1 Å². The molecule has 0 aliphatic carbocycles. The molecule has 0 aliphatic heterocycles. The Morgan fingerprint density at radius 1 is 1.10 bits per heavy atom. The van der Waals surface area contributed by atoms with E-state index in [1.54, 1.807) is 40.8 Å². The molecule has 30 heavy (non-hydrogen) atoms. The van der Waals surface area contributed by atoms with Gasteiger partial charge in [0.1, 0.15) is 6.04 Å². The van der Waals surface area contributed by atoms with Gasteiger partial charge >= 0.3 is 0 Å². The summed E-state index contributed by atoms with van der Waals surface area (Å²) in [5, 5.41) is 7.07. The van der Waals surface area contributed by atoms with Crippen LogP contribution in [0.2, 0.25) is 0 Å². The van der Waals surface area contributed by atoms with Crippen LogP contribution in [0.4, 0.5) is 5.82 Å². The molecule has 2 aromatic carbocycles. The van der Waals surface area contributed by atoms with E-state index in [1.807, 2.05) is 43.5 Å². The van der Waals surface area contributed by atoms with Crippen LogP contribution in [-0.2, 0) is 14.8 Å². The second-order valence-corrected chi connectivity index (χ2v) is 9.44. The Labute approximate surface area is 180 Å². The maximum atomic E-state index is 12.8. The first-order valence-electron chi connectivity index (χ1n) is 9.39. The molecule has 1 heterocycles. The van der Waals surface area contributed by atoms with Gasteiger partial charge in [-0.05, 0) is 49.6 Å². The molecular formula is C21H24N4O3S2. The van der Waals surface area contributed by atoms with Gasteiger partial charge in [0.05, 0.1) is 10.6 Å². The first-order chi connectivity index (χ1) is 14.4. The second-order valence-electron chi connectivity index (χ2n) is 6.74. The van der Waals surface area contributed by atoms with Gasteiger partial charge in [0.25, 0.3) is 0 Å². The number of sulfonamides is 1. The molecule has 0 spiro atoms. The summed E-state index contributed by atoms with van der Waals surface area (Å²) in [6.07, 6.45) is 4.00. The molecule has 1 amide bonds. The Balaban J connectivity index is 1.74. The van der Waals surface area contributed by atoms with Crippen molar-refractivity contribution in [1.29, 1.82) is 0 Å². The van der Waals surface area contributed by atoms with Crippen molar-refractivity contribution in [2.45, 2.75) is 24.3 Å². The predicted octanol–water partition coefficient (Wildman–Crippen LogP) is 3.22. The molecule has 2 N–H and O–H groups in total. The summed E-state index contributed by atoms with van der Waals surface area (Å²) in [6.45, 7) is 1.88. The highest BCUT2D eigenvalue weighted by atomic mass is 32.2. The van der Waals surface area contributed by atoms with Gasteiger partial charge in [0.15, 0.2) is 5.82 Å². The molecule has 0 bridgehead atoms. The monoisotopic (exact) mass is 444 g/mol. The van der Waals surface area contributed by atoms with E-state index in [1.165, 1.54) is 12.1 Å². The Hall–Kier alpha value is -2.62. The van der Waals surface area contributed by atoms with Gasteiger partial charge in [0, 0.05) is 12.3 Å². The number of carbonyl (C=O) groups is 1. The molecular weight excluding hydrogens is 420 g/mol. The molecule has 0 aliphatic rings. The molecule has 1 aromatic heterocycles. The highest BCUT2D eigenvalue weighted by Gasteiger charge is 2.26. The summed E-state index contributed by atoms with van der Waals surface area (Å²) >= 11 is 1.54. The fourth-order valence-electron chi connectivity index (χ4n) is 2.78. The van der Waals surface area contributed by atoms with Crippen LogP contribution < -0.4 is 10.0 Å². The number of aromatic nitrogens is 2. The number of rotatable bonds is 9. The number of hydrogen-bond donors (Lipinski definition) is 2. The molecule has 9 heteroatoms. The standard InChI is InChI=1S/C21H24N4O3S2/c1-16-8-10-18(11-9-16)30(27,28)24-19(13-15-29-2)21(26)22-20-12-14-25(23-20)17-6-4-3-5-7-17/h3-12,14,19,24H,13,15H2,1-2H3,(H,22,23,26). The zero-order valence-corrected chi connectivity index (χ0v) is 18.4. The minimum Gasteiger partial charge on any atom is -0.308 e. The molecule has 0 fully saturated rings. The molecule has 0 saturated heterocycles. The van der Waals surface area contributed by atoms with Gasteiger partial charge in [-0.25, -0.2) is 13.1 Å². The number of aryl methyl sites for hydroxylation is 1. The summed E-state index contributed by atoms with van der Waals surface area (Å²) in [5.74, 6) is 0.540. The van der Waals surface area contributed by atoms with Crippen molar-refractivity contribution < 1.29 is 13.2 Å². The highest BCUT2D eigenvalue weighted by Crippen LogP contribution is 2.14. The third-order valence-electron chi connectivity index (χ3n) is 4.42. The molecule has 0 saturated carbocycles. The van der Waals surface area contributed by atoms with Crippen molar-refractivity contribution in [2.75, 3.05) is 17.3 Å². The lowest BCUT2D eigenvalue weighted by atomic mass is 10.2. The van der Waals surface area contributed by atoms with Gasteiger partial charge in [0.2, 0.25) is 15.9 Å². The van der Waals surface area contributed by atoms with E-state index in [-0.39, 0.29) is 4.90 Å². The fourth-order valence-corrected chi connectivity index (χ4v) is 4.48. The number of thioether (sulfide) groups is 1. The summed E-state index contributed by atoms with van der Waals surface area (Å²) < 4.78 is 29.7. The van der Waals surface area contributed by atoms with Crippen molar-refractivity contribution in [3.8, 4) is 5.69 Å². The quantitative estimate of drug-likeness (QED) is 0.529. The van der Waals surface area contributed by atoms with Gasteiger partial charge in [-0.15, -0.1) is 0 Å². The van der Waals surface area contributed by atoms with Crippen molar-refractivity contribution >= 4 is 33.5 Å². The maximum absolute atomic E-state index is 12.8. The van der Waals surface area contributed by atoms with Crippen LogP contribution in [0.3, 0.4) is 0 Å². The van der Waals surface area contributed by atoms with E-state index >= 15 is 0 Å². The van der Waals surface area contributed by atoms with E-state index in [2.05, 4.69) is 15.1 Å². The molecule has 1 atom stereocenters. The maximum Gasteiger partial charge on any atom is 0.243 e. The van der Waals surface area contributed by atoms with Crippen LogP contribution >= 0.6 is 11.8 Å². The predicted molar refractivity (Wildman–Crippen MR) is 120 cm³/mol. The van der Waals surface area contributed by atoms with Gasteiger partial charge in [-0.1, -0.05) is 35.9 Å². The Kier molecular flexibility index (Phi) is 7.30. The molecule has 1 unspecified atom stereocenters. The Morgan fingerprint density at radius 2 is 1.80 bits per heavy atom. The minimum atomic E-state index is -3.83. The summed E-state index contributed by atoms with van der Waals surface area (Å²) in [6, 6.07) is 16.8. The number of benzene rings is 2. The molecule has 3 aromatic rings. The van der Waals surface area contributed by atoms with E-state index < -0.39 is 22.0 Å². The lowest BCUT2D eigenvalue weighted by Crippen LogP contribution is -2.44. The first kappa shape index (κ1) is 22.1. The van der Waals surface area contributed by atoms with Crippen LogP contribution in [0.15, 0.2) is 71.8 Å². The van der Waals surface area contributed by atoms with Crippen molar-refractivity contribution in [2.24, 2.45) is 0 Å². The summed E-state index contributed by atoms with van der Waals surface area (Å²) in [7, 11) is -3.83. The third kappa shape index (κ3) is 5.71. The van der Waals surface area contributed by atoms with Gasteiger partial charge in [-0.2, -0.15) is 21.6 Å². The van der Waals surface area contributed by atoms with E-state index in [0.717, 1.165) is 11.3 Å². The molecule has 7 nitrogen and oxygen atoms in total. The number of anilines is 1. The Bertz CT molecular complexity index is 1080.